The number of benzene rings is 21. The molecule has 0 aliphatic carbocycles. The van der Waals surface area contributed by atoms with Crippen molar-refractivity contribution in [3.63, 3.8) is 0 Å². The van der Waals surface area contributed by atoms with E-state index in [2.05, 4.69) is 575 Å². The third-order valence-electron chi connectivity index (χ3n) is 25.2. The summed E-state index contributed by atoms with van der Waals surface area (Å²) in [5, 5.41) is 2.45. The van der Waals surface area contributed by atoms with E-state index in [0.717, 1.165) is 152 Å². The number of para-hydroxylation sites is 6. The largest absolute Gasteiger partial charge is 0.311 e. The number of aromatic nitrogens is 1. The standard InChI is InChI=1S/C126H90N6/c1-8-25-91(26-9-1)94-47-68-116(69-48-94)130(118-84-65-104(66-85-118)106-67-88-126-124(90-106)123-41-22-23-42-125(123)132(126)121-86-63-95(64-87-121)92-27-10-2-11-28-92)117-78-49-96(50-79-117)93-43-45-103(46-44-93)105-29-24-40-122(89-105)131(119-80-59-101(60-81-119)98-53-72-113(73-54-98)128(109-34-16-5-17-35-109)110-36-18-6-19-37-110)120-82-61-102(62-83-120)100-57-76-115(77-58-100)129(111-38-20-7-21-39-111)114-74-55-99(56-75-114)97-51-70-112(71-52-97)127(107-30-12-3-13-31-107)108-32-14-4-15-33-108/h1-90H. The molecule has 1 aromatic heterocycles. The number of hydrogen-bond donors (Lipinski definition) is 0. The van der Waals surface area contributed by atoms with Gasteiger partial charge in [-0.1, -0.05) is 334 Å². The number of nitrogens with zero attached hydrogens (tertiary/aromatic N) is 6. The van der Waals surface area contributed by atoms with Gasteiger partial charge in [-0.25, -0.2) is 0 Å². The molecule has 0 aliphatic heterocycles. The minimum Gasteiger partial charge on any atom is -0.311 e. The lowest BCUT2D eigenvalue weighted by Crippen LogP contribution is -2.10. The van der Waals surface area contributed by atoms with E-state index in [1.165, 1.54) is 49.6 Å². The van der Waals surface area contributed by atoms with Crippen LogP contribution in [0.4, 0.5) is 85.3 Å². The lowest BCUT2D eigenvalue weighted by atomic mass is 9.99. The topological polar surface area (TPSA) is 21.1 Å². The third-order valence-corrected chi connectivity index (χ3v) is 25.2. The first-order valence-corrected chi connectivity index (χ1v) is 45.1. The maximum absolute atomic E-state index is 2.39. The molecule has 0 saturated heterocycles. The normalized spacial score (nSPS) is 11.2. The molecule has 6 heteroatoms. The molecular formula is C126H90N6. The molecule has 0 amide bonds. The van der Waals surface area contributed by atoms with Gasteiger partial charge in [-0.3, -0.25) is 0 Å². The molecule has 0 unspecified atom stereocenters. The highest BCUT2D eigenvalue weighted by molar-refractivity contribution is 6.11. The Morgan fingerprint density at radius 3 is 0.561 bits per heavy atom. The van der Waals surface area contributed by atoms with Gasteiger partial charge in [0.15, 0.2) is 0 Å². The molecule has 132 heavy (non-hydrogen) atoms. The summed E-state index contributed by atoms with van der Waals surface area (Å²) in [6.45, 7) is 0. The molecule has 6 nitrogen and oxygen atoms in total. The lowest BCUT2D eigenvalue weighted by molar-refractivity contribution is 1.18. The second kappa shape index (κ2) is 36.4. The molecule has 0 aliphatic rings. The van der Waals surface area contributed by atoms with Crippen molar-refractivity contribution in [3.05, 3.63) is 546 Å². The van der Waals surface area contributed by atoms with Crippen LogP contribution >= 0.6 is 0 Å². The van der Waals surface area contributed by atoms with Gasteiger partial charge in [0.2, 0.25) is 0 Å². The lowest BCUT2D eigenvalue weighted by Gasteiger charge is -2.27. The molecule has 0 fully saturated rings. The van der Waals surface area contributed by atoms with Crippen LogP contribution in [0.1, 0.15) is 0 Å². The van der Waals surface area contributed by atoms with Crippen molar-refractivity contribution in [2.24, 2.45) is 0 Å². The SMILES string of the molecule is c1ccc(-c2ccc(N(c3ccc(-c4ccc(-c5cccc(N(c6ccc(-c7ccc(N(c8ccccc8)c8ccccc8)cc7)cc6)c6ccc(-c7ccc(N(c8ccccc8)c8ccc(-c9ccc(N(c%10ccccc%10)c%10ccccc%10)cc9)cc8)cc7)cc6)c5)cc4)cc3)c3ccc(-c4ccc5c(c4)c4ccccc4n5-c4ccc(-c5ccccc5)cc4)cc3)cc2)cc1. The first kappa shape index (κ1) is 80.3. The Balaban J connectivity index is 0.544. The summed E-state index contributed by atoms with van der Waals surface area (Å²) in [4.78, 5) is 11.7. The molecule has 0 saturated carbocycles. The van der Waals surface area contributed by atoms with Gasteiger partial charge in [-0.2, -0.15) is 0 Å². The molecular weight excluding hydrogens is 1600 g/mol. The van der Waals surface area contributed by atoms with E-state index in [9.17, 15) is 0 Å². The summed E-state index contributed by atoms with van der Waals surface area (Å²) in [5.41, 5.74) is 38.0. The molecule has 0 atom stereocenters. The minimum atomic E-state index is 1.04. The molecule has 21 aromatic carbocycles. The zero-order chi connectivity index (χ0) is 87.9. The van der Waals surface area contributed by atoms with Crippen LogP contribution in [-0.2, 0) is 0 Å². The highest BCUT2D eigenvalue weighted by atomic mass is 15.2. The van der Waals surface area contributed by atoms with E-state index in [4.69, 9.17) is 0 Å². The quantitative estimate of drug-likeness (QED) is 0.0599. The van der Waals surface area contributed by atoms with Crippen molar-refractivity contribution < 1.29 is 0 Å². The second-order valence-corrected chi connectivity index (χ2v) is 33.3. The minimum absolute atomic E-state index is 1.04. The fourth-order valence-electron chi connectivity index (χ4n) is 18.5. The molecule has 0 bridgehead atoms. The maximum Gasteiger partial charge on any atom is 0.0541 e. The van der Waals surface area contributed by atoms with Crippen molar-refractivity contribution in [2.75, 3.05) is 24.5 Å². The highest BCUT2D eigenvalue weighted by Crippen LogP contribution is 2.46. The average Bonchev–Trinajstić information content (AvgIpc) is 1.58. The number of rotatable bonds is 24. The summed E-state index contributed by atoms with van der Waals surface area (Å²) < 4.78 is 2.39. The zero-order valence-corrected chi connectivity index (χ0v) is 72.6. The smallest absolute Gasteiger partial charge is 0.0541 e. The summed E-state index contributed by atoms with van der Waals surface area (Å²) >= 11 is 0. The van der Waals surface area contributed by atoms with Gasteiger partial charge in [-0.05, 0) is 301 Å². The van der Waals surface area contributed by atoms with E-state index in [1.54, 1.807) is 0 Å². The Hall–Kier alpha value is -17.6. The van der Waals surface area contributed by atoms with Crippen molar-refractivity contribution in [1.29, 1.82) is 0 Å². The van der Waals surface area contributed by atoms with Crippen LogP contribution in [0.15, 0.2) is 546 Å². The van der Waals surface area contributed by atoms with Crippen LogP contribution in [0.3, 0.4) is 0 Å². The summed E-state index contributed by atoms with van der Waals surface area (Å²) in [5.74, 6) is 0. The average molecular weight is 1690 g/mol. The van der Waals surface area contributed by atoms with Gasteiger partial charge < -0.3 is 29.1 Å². The van der Waals surface area contributed by atoms with Gasteiger partial charge >= 0.3 is 0 Å². The van der Waals surface area contributed by atoms with Gasteiger partial charge in [-0.15, -0.1) is 0 Å². The van der Waals surface area contributed by atoms with E-state index < -0.39 is 0 Å². The Morgan fingerprint density at radius 1 is 0.106 bits per heavy atom. The molecule has 0 spiro atoms. The number of fused-ring (bicyclic) bond motifs is 3. The predicted molar refractivity (Wildman–Crippen MR) is 558 cm³/mol. The van der Waals surface area contributed by atoms with Gasteiger partial charge in [0.25, 0.3) is 0 Å². The zero-order valence-electron chi connectivity index (χ0n) is 72.6. The third kappa shape index (κ3) is 16.5. The highest BCUT2D eigenvalue weighted by Gasteiger charge is 2.23. The van der Waals surface area contributed by atoms with Crippen molar-refractivity contribution >= 4 is 107 Å². The Morgan fingerprint density at radius 2 is 0.280 bits per heavy atom. The van der Waals surface area contributed by atoms with E-state index >= 15 is 0 Å². The second-order valence-electron chi connectivity index (χ2n) is 33.3. The molecule has 22 rings (SSSR count). The predicted octanol–water partition coefficient (Wildman–Crippen LogP) is 35.5. The maximum atomic E-state index is 2.39. The molecule has 1 heterocycles. The fourth-order valence-corrected chi connectivity index (χ4v) is 18.5. The van der Waals surface area contributed by atoms with Gasteiger partial charge in [0, 0.05) is 102 Å². The van der Waals surface area contributed by atoms with Crippen molar-refractivity contribution in [1.82, 2.24) is 4.57 Å². The van der Waals surface area contributed by atoms with Crippen LogP contribution < -0.4 is 24.5 Å². The van der Waals surface area contributed by atoms with Crippen molar-refractivity contribution in [3.8, 4) is 94.7 Å². The van der Waals surface area contributed by atoms with Crippen LogP contribution in [0, 0.1) is 0 Å². The Kier molecular flexibility index (Phi) is 22.1. The number of anilines is 15. The Bertz CT molecular complexity index is 7590. The summed E-state index contributed by atoms with van der Waals surface area (Å²) in [7, 11) is 0. The fraction of sp³-hybridized carbons (Fsp3) is 0. The van der Waals surface area contributed by atoms with E-state index in [-0.39, 0.29) is 0 Å². The van der Waals surface area contributed by atoms with Crippen LogP contribution in [0.25, 0.3) is 117 Å². The van der Waals surface area contributed by atoms with Crippen LogP contribution in [0.5, 0.6) is 0 Å². The summed E-state index contributed by atoms with van der Waals surface area (Å²) in [6, 6.07) is 197. The van der Waals surface area contributed by atoms with Gasteiger partial charge in [0.1, 0.15) is 0 Å². The summed E-state index contributed by atoms with van der Waals surface area (Å²) in [6.07, 6.45) is 0. The van der Waals surface area contributed by atoms with Crippen molar-refractivity contribution in [2.45, 2.75) is 0 Å². The Labute approximate surface area is 771 Å². The molecule has 0 N–H and O–H groups in total. The van der Waals surface area contributed by atoms with E-state index in [1.807, 2.05) is 0 Å². The molecule has 624 valence electrons. The van der Waals surface area contributed by atoms with E-state index in [0.29, 0.717) is 0 Å². The van der Waals surface area contributed by atoms with Gasteiger partial charge in [0.05, 0.1) is 11.0 Å². The number of hydrogen-bond acceptors (Lipinski definition) is 5. The molecule has 0 radical (unpaired) electrons. The molecule has 22 aromatic rings. The van der Waals surface area contributed by atoms with Crippen LogP contribution in [0.2, 0.25) is 0 Å². The monoisotopic (exact) mass is 1690 g/mol. The first-order chi connectivity index (χ1) is 65.4. The van der Waals surface area contributed by atoms with Crippen LogP contribution in [-0.4, -0.2) is 4.57 Å². The first-order valence-electron chi connectivity index (χ1n) is 45.1.